The van der Waals surface area contributed by atoms with E-state index in [0.29, 0.717) is 23.0 Å². The normalized spacial score (nSPS) is 20.6. The van der Waals surface area contributed by atoms with E-state index in [-0.39, 0.29) is 11.7 Å². The summed E-state index contributed by atoms with van der Waals surface area (Å²) in [5.41, 5.74) is 2.93. The van der Waals surface area contributed by atoms with Crippen LogP contribution in [0.1, 0.15) is 28.3 Å². The third-order valence-electron chi connectivity index (χ3n) is 5.28. The van der Waals surface area contributed by atoms with Crippen molar-refractivity contribution in [3.8, 4) is 0 Å². The highest BCUT2D eigenvalue weighted by Gasteiger charge is 2.46. The minimum absolute atomic E-state index is 0.173. The Balaban J connectivity index is 1.61. The molecule has 3 aromatic heterocycles. The van der Waals surface area contributed by atoms with Gasteiger partial charge in [0, 0.05) is 37.7 Å². The monoisotopic (exact) mass is 351 g/mol. The summed E-state index contributed by atoms with van der Waals surface area (Å²) in [6.45, 7) is 0.871. The molecule has 2 atom stereocenters. The zero-order chi connectivity index (χ0) is 18.0. The molecule has 1 aliphatic carbocycles. The largest absolute Gasteiger partial charge is 0.465 e. The Morgan fingerprint density at radius 3 is 3.00 bits per heavy atom. The maximum Gasteiger partial charge on any atom is 0.350 e. The molecule has 3 aromatic rings. The molecule has 0 bridgehead atoms. The number of hydrogen-bond donors (Lipinski definition) is 0. The second-order valence-corrected chi connectivity index (χ2v) is 6.86. The predicted octanol–water partition coefficient (Wildman–Crippen LogP) is 1.47. The number of rotatable bonds is 2. The summed E-state index contributed by atoms with van der Waals surface area (Å²) in [5.74, 6) is 1.50. The zero-order valence-corrected chi connectivity index (χ0v) is 14.4. The molecular formula is C18H17N5O3. The fourth-order valence-corrected chi connectivity index (χ4v) is 3.82. The van der Waals surface area contributed by atoms with Crippen molar-refractivity contribution in [2.45, 2.75) is 12.3 Å². The Labute approximate surface area is 148 Å². The van der Waals surface area contributed by atoms with Crippen molar-refractivity contribution in [2.75, 3.05) is 18.6 Å². The molecule has 0 spiro atoms. The predicted molar refractivity (Wildman–Crippen MR) is 93.9 cm³/mol. The first-order valence-electron chi connectivity index (χ1n) is 8.48. The maximum atomic E-state index is 12.0. The summed E-state index contributed by atoms with van der Waals surface area (Å²) in [5, 5.41) is 4.26. The van der Waals surface area contributed by atoms with Gasteiger partial charge in [0.1, 0.15) is 5.82 Å². The van der Waals surface area contributed by atoms with Crippen molar-refractivity contribution in [2.24, 2.45) is 13.0 Å². The van der Waals surface area contributed by atoms with Gasteiger partial charge in [-0.05, 0) is 36.0 Å². The van der Waals surface area contributed by atoms with Gasteiger partial charge in [-0.25, -0.2) is 19.3 Å². The van der Waals surface area contributed by atoms with Gasteiger partial charge in [-0.15, -0.1) is 0 Å². The minimum Gasteiger partial charge on any atom is -0.465 e. The first-order valence-corrected chi connectivity index (χ1v) is 8.48. The van der Waals surface area contributed by atoms with Crippen LogP contribution in [0.3, 0.4) is 0 Å². The van der Waals surface area contributed by atoms with Gasteiger partial charge in [-0.3, -0.25) is 4.40 Å². The van der Waals surface area contributed by atoms with E-state index in [9.17, 15) is 9.59 Å². The van der Waals surface area contributed by atoms with Crippen LogP contribution in [0, 0.1) is 5.92 Å². The number of carbonyl (C=O) groups excluding carboxylic acids is 1. The van der Waals surface area contributed by atoms with Crippen molar-refractivity contribution >= 4 is 23.1 Å². The quantitative estimate of drug-likeness (QED) is 0.651. The molecule has 8 heteroatoms. The molecule has 1 fully saturated rings. The average molecular weight is 351 g/mol. The van der Waals surface area contributed by atoms with Crippen LogP contribution in [0.4, 0.5) is 11.5 Å². The van der Waals surface area contributed by atoms with Crippen LogP contribution < -0.4 is 10.6 Å². The Morgan fingerprint density at radius 2 is 2.19 bits per heavy atom. The molecule has 1 aliphatic heterocycles. The molecular weight excluding hydrogens is 334 g/mol. The summed E-state index contributed by atoms with van der Waals surface area (Å²) in [6, 6.07) is 5.69. The Bertz CT molecular complexity index is 1120. The summed E-state index contributed by atoms with van der Waals surface area (Å²) in [6.07, 6.45) is 4.40. The molecule has 0 aromatic carbocycles. The number of anilines is 2. The Hall–Kier alpha value is -3.16. The molecule has 2 unspecified atom stereocenters. The van der Waals surface area contributed by atoms with Crippen molar-refractivity contribution in [1.82, 2.24) is 19.2 Å². The molecule has 132 valence electrons. The van der Waals surface area contributed by atoms with Crippen LogP contribution in [-0.4, -0.2) is 38.8 Å². The number of aromatic nitrogens is 4. The highest BCUT2D eigenvalue weighted by atomic mass is 16.5. The van der Waals surface area contributed by atoms with Gasteiger partial charge in [-0.2, -0.15) is 5.10 Å². The number of esters is 1. The fourth-order valence-electron chi connectivity index (χ4n) is 3.82. The fraction of sp³-hybridized carbons (Fsp3) is 0.333. The number of fused-ring (bicyclic) bond motifs is 4. The topological polar surface area (TPSA) is 81.7 Å². The molecule has 26 heavy (non-hydrogen) atoms. The van der Waals surface area contributed by atoms with Gasteiger partial charge in [0.25, 0.3) is 0 Å². The van der Waals surface area contributed by atoms with E-state index < -0.39 is 0 Å². The van der Waals surface area contributed by atoms with Crippen LogP contribution in [0.25, 0.3) is 5.65 Å². The van der Waals surface area contributed by atoms with E-state index in [0.717, 1.165) is 30.0 Å². The Morgan fingerprint density at radius 1 is 1.35 bits per heavy atom. The molecule has 1 saturated carbocycles. The van der Waals surface area contributed by atoms with E-state index in [1.54, 1.807) is 19.4 Å². The number of aryl methyl sites for hydroxylation is 1. The lowest BCUT2D eigenvalue weighted by molar-refractivity contribution is 0.0600. The molecule has 8 nitrogen and oxygen atoms in total. The van der Waals surface area contributed by atoms with Gasteiger partial charge >= 0.3 is 11.7 Å². The number of pyridine rings is 2. The van der Waals surface area contributed by atoms with Crippen LogP contribution in [0.2, 0.25) is 0 Å². The second kappa shape index (κ2) is 5.17. The molecule has 0 amide bonds. The average Bonchev–Trinajstić information content (AvgIpc) is 3.40. The molecule has 4 heterocycles. The van der Waals surface area contributed by atoms with Crippen LogP contribution >= 0.6 is 0 Å². The van der Waals surface area contributed by atoms with Gasteiger partial charge in [0.05, 0.1) is 12.7 Å². The lowest BCUT2D eigenvalue weighted by atomic mass is 10.0. The summed E-state index contributed by atoms with van der Waals surface area (Å²) in [7, 11) is 3.01. The van der Waals surface area contributed by atoms with E-state index in [4.69, 9.17) is 4.74 Å². The zero-order valence-electron chi connectivity index (χ0n) is 14.4. The van der Waals surface area contributed by atoms with Crippen LogP contribution in [0.5, 0.6) is 0 Å². The first kappa shape index (κ1) is 15.1. The molecule has 0 radical (unpaired) electrons. The number of hydrogen-bond acceptors (Lipinski definition) is 6. The number of nitrogens with zero attached hydrogens (tertiary/aromatic N) is 5. The summed E-state index contributed by atoms with van der Waals surface area (Å²) >= 11 is 0. The third kappa shape index (κ3) is 2.08. The standard InChI is InChI=1S/C18H17N5O3/c1-21-18(25)22-4-3-12(7-15(22)20-21)23-9-11-6-13(11)14-5-10(17(24)26-2)8-19-16(14)23/h3-5,7-8,11,13H,6,9H2,1-2H3. The van der Waals surface area contributed by atoms with Crippen LogP contribution in [-0.2, 0) is 11.8 Å². The highest BCUT2D eigenvalue weighted by Crippen LogP contribution is 2.55. The first-order chi connectivity index (χ1) is 12.6. The van der Waals surface area contributed by atoms with Gasteiger partial charge < -0.3 is 9.64 Å². The van der Waals surface area contributed by atoms with E-state index in [1.165, 1.54) is 16.2 Å². The summed E-state index contributed by atoms with van der Waals surface area (Å²) < 4.78 is 7.65. The molecule has 2 aliphatic rings. The molecule has 0 saturated heterocycles. The van der Waals surface area contributed by atoms with E-state index in [2.05, 4.69) is 15.0 Å². The Kier molecular flexibility index (Phi) is 3.01. The lowest BCUT2D eigenvalue weighted by Crippen LogP contribution is -2.26. The van der Waals surface area contributed by atoms with Gasteiger partial charge in [0.15, 0.2) is 5.65 Å². The highest BCUT2D eigenvalue weighted by molar-refractivity contribution is 5.90. The van der Waals surface area contributed by atoms with Crippen molar-refractivity contribution in [1.29, 1.82) is 0 Å². The lowest BCUT2D eigenvalue weighted by Gasteiger charge is -2.30. The van der Waals surface area contributed by atoms with Crippen molar-refractivity contribution in [3.63, 3.8) is 0 Å². The smallest absolute Gasteiger partial charge is 0.350 e. The van der Waals surface area contributed by atoms with Crippen molar-refractivity contribution in [3.05, 3.63) is 52.2 Å². The summed E-state index contributed by atoms with van der Waals surface area (Å²) in [4.78, 5) is 30.5. The second-order valence-electron chi connectivity index (χ2n) is 6.86. The SMILES string of the molecule is COC(=O)c1cnc2c(c1)C1CC1CN2c1ccn2c(=O)n(C)nc2c1. The number of ether oxygens (including phenoxy) is 1. The number of carbonyl (C=O) groups is 1. The van der Waals surface area contributed by atoms with E-state index in [1.807, 2.05) is 18.2 Å². The van der Waals surface area contributed by atoms with Crippen LogP contribution in [0.15, 0.2) is 35.4 Å². The number of methoxy groups -OCH3 is 1. The van der Waals surface area contributed by atoms with Crippen molar-refractivity contribution < 1.29 is 9.53 Å². The molecule has 5 rings (SSSR count). The molecule has 0 N–H and O–H groups in total. The minimum atomic E-state index is -0.371. The third-order valence-corrected chi connectivity index (χ3v) is 5.28. The van der Waals surface area contributed by atoms with E-state index >= 15 is 0 Å². The maximum absolute atomic E-state index is 12.0. The van der Waals surface area contributed by atoms with Gasteiger partial charge in [-0.1, -0.05) is 0 Å². The van der Waals surface area contributed by atoms with Gasteiger partial charge in [0.2, 0.25) is 0 Å².